The van der Waals surface area contributed by atoms with E-state index in [2.05, 4.69) is 19.2 Å². The minimum Gasteiger partial charge on any atom is -0.497 e. The number of anilines is 1. The molecule has 1 saturated heterocycles. The van der Waals surface area contributed by atoms with Gasteiger partial charge in [-0.15, -0.1) is 0 Å². The quantitative estimate of drug-likeness (QED) is 0.877. The molecule has 5 nitrogen and oxygen atoms in total. The van der Waals surface area contributed by atoms with Gasteiger partial charge in [-0.1, -0.05) is 13.8 Å². The fourth-order valence-electron chi connectivity index (χ4n) is 2.79. The van der Waals surface area contributed by atoms with Gasteiger partial charge in [-0.25, -0.2) is 0 Å². The summed E-state index contributed by atoms with van der Waals surface area (Å²) < 4.78 is 5.10. The van der Waals surface area contributed by atoms with Crippen LogP contribution in [0.5, 0.6) is 5.75 Å². The van der Waals surface area contributed by atoms with E-state index < -0.39 is 0 Å². The van der Waals surface area contributed by atoms with Crippen molar-refractivity contribution in [1.29, 1.82) is 0 Å². The lowest BCUT2D eigenvalue weighted by atomic mass is 10.1. The average molecular weight is 318 g/mol. The molecule has 0 bridgehead atoms. The fourth-order valence-corrected chi connectivity index (χ4v) is 2.79. The van der Waals surface area contributed by atoms with Crippen LogP contribution < -0.4 is 10.1 Å². The van der Waals surface area contributed by atoms with Gasteiger partial charge in [0, 0.05) is 18.7 Å². The Morgan fingerprint density at radius 3 is 2.61 bits per heavy atom. The first kappa shape index (κ1) is 17.3. The summed E-state index contributed by atoms with van der Waals surface area (Å²) >= 11 is 0. The van der Waals surface area contributed by atoms with Crippen LogP contribution in [0.15, 0.2) is 24.3 Å². The largest absolute Gasteiger partial charge is 0.497 e. The first-order valence-corrected chi connectivity index (χ1v) is 8.25. The molecular weight excluding hydrogens is 292 g/mol. The Morgan fingerprint density at radius 1 is 1.30 bits per heavy atom. The predicted octanol–water partition coefficient (Wildman–Crippen LogP) is 3.06. The van der Waals surface area contributed by atoms with Gasteiger partial charge < -0.3 is 15.0 Å². The van der Waals surface area contributed by atoms with Crippen molar-refractivity contribution in [3.8, 4) is 5.75 Å². The van der Waals surface area contributed by atoms with Crippen molar-refractivity contribution in [2.24, 2.45) is 5.92 Å². The van der Waals surface area contributed by atoms with E-state index in [9.17, 15) is 9.59 Å². The maximum atomic E-state index is 12.5. The van der Waals surface area contributed by atoms with Gasteiger partial charge >= 0.3 is 0 Å². The molecule has 1 unspecified atom stereocenters. The Balaban J connectivity index is 1.95. The topological polar surface area (TPSA) is 58.6 Å². The molecule has 0 radical (unpaired) electrons. The molecule has 0 aliphatic carbocycles. The first-order chi connectivity index (χ1) is 11.0. The van der Waals surface area contributed by atoms with E-state index in [1.807, 2.05) is 0 Å². The van der Waals surface area contributed by atoms with Crippen molar-refractivity contribution in [2.45, 2.75) is 45.6 Å². The van der Waals surface area contributed by atoms with E-state index in [4.69, 9.17) is 4.74 Å². The molecule has 1 atom stereocenters. The second-order valence-electron chi connectivity index (χ2n) is 6.40. The molecule has 1 fully saturated rings. The molecule has 1 aliphatic rings. The third kappa shape index (κ3) is 4.71. The minimum atomic E-state index is -0.350. The van der Waals surface area contributed by atoms with Crippen LogP contribution in [0.1, 0.15) is 39.5 Å². The Kier molecular flexibility index (Phi) is 6.02. The Bertz CT molecular complexity index is 540. The number of carbonyl (C=O) groups excluding carboxylic acids is 2. The van der Waals surface area contributed by atoms with Crippen LogP contribution in [0.4, 0.5) is 5.69 Å². The predicted molar refractivity (Wildman–Crippen MR) is 90.4 cm³/mol. The molecule has 1 aromatic carbocycles. The smallest absolute Gasteiger partial charge is 0.247 e. The van der Waals surface area contributed by atoms with Gasteiger partial charge in [0.25, 0.3) is 0 Å². The molecule has 1 aromatic rings. The number of carbonyl (C=O) groups is 2. The number of hydrogen-bond acceptors (Lipinski definition) is 3. The Hall–Kier alpha value is -2.04. The van der Waals surface area contributed by atoms with Crippen LogP contribution in [0, 0.1) is 5.92 Å². The van der Waals surface area contributed by atoms with E-state index in [-0.39, 0.29) is 17.9 Å². The number of methoxy groups -OCH3 is 1. The van der Waals surface area contributed by atoms with Crippen LogP contribution >= 0.6 is 0 Å². The van der Waals surface area contributed by atoms with Crippen molar-refractivity contribution in [2.75, 3.05) is 19.0 Å². The number of nitrogens with one attached hydrogen (secondary N) is 1. The standard InChI is InChI=1S/C18H26N2O3/c1-13(2)6-11-17(21)20-12-4-5-16(20)18(22)19-14-7-9-15(23-3)10-8-14/h7-10,13,16H,4-6,11-12H2,1-3H3,(H,19,22). The lowest BCUT2D eigenvalue weighted by Gasteiger charge is -2.24. The number of ether oxygens (including phenoxy) is 1. The zero-order valence-electron chi connectivity index (χ0n) is 14.2. The van der Waals surface area contributed by atoms with Crippen LogP contribution in [0.25, 0.3) is 0 Å². The van der Waals surface area contributed by atoms with Gasteiger partial charge in [0.15, 0.2) is 0 Å². The highest BCUT2D eigenvalue weighted by molar-refractivity contribution is 5.97. The summed E-state index contributed by atoms with van der Waals surface area (Å²) in [7, 11) is 1.60. The first-order valence-electron chi connectivity index (χ1n) is 8.25. The summed E-state index contributed by atoms with van der Waals surface area (Å²) in [6.45, 7) is 4.88. The molecule has 23 heavy (non-hydrogen) atoms. The molecule has 2 rings (SSSR count). The minimum absolute atomic E-state index is 0.0890. The number of rotatable bonds is 6. The van der Waals surface area contributed by atoms with Crippen molar-refractivity contribution in [3.05, 3.63) is 24.3 Å². The van der Waals surface area contributed by atoms with Gasteiger partial charge in [0.2, 0.25) is 11.8 Å². The van der Waals surface area contributed by atoms with Gasteiger partial charge in [0.05, 0.1) is 7.11 Å². The van der Waals surface area contributed by atoms with Gasteiger partial charge in [-0.3, -0.25) is 9.59 Å². The number of hydrogen-bond donors (Lipinski definition) is 1. The zero-order valence-corrected chi connectivity index (χ0v) is 14.2. The van der Waals surface area contributed by atoms with Crippen LogP contribution in [-0.4, -0.2) is 36.4 Å². The monoisotopic (exact) mass is 318 g/mol. The highest BCUT2D eigenvalue weighted by Gasteiger charge is 2.33. The van der Waals surface area contributed by atoms with Crippen LogP contribution in [0.3, 0.4) is 0 Å². The van der Waals surface area contributed by atoms with Crippen molar-refractivity contribution < 1.29 is 14.3 Å². The lowest BCUT2D eigenvalue weighted by Crippen LogP contribution is -2.43. The summed E-state index contributed by atoms with van der Waals surface area (Å²) in [4.78, 5) is 26.6. The number of likely N-dealkylation sites (tertiary alicyclic amines) is 1. The molecule has 5 heteroatoms. The normalized spacial score (nSPS) is 17.4. The molecule has 1 heterocycles. The molecule has 0 spiro atoms. The summed E-state index contributed by atoms with van der Waals surface area (Å²) in [5.41, 5.74) is 0.720. The molecule has 0 saturated carbocycles. The van der Waals surface area contributed by atoms with Crippen LogP contribution in [0.2, 0.25) is 0 Å². The summed E-state index contributed by atoms with van der Waals surface area (Å²) in [6, 6.07) is 6.86. The van der Waals surface area contributed by atoms with E-state index in [0.717, 1.165) is 30.7 Å². The Labute approximate surface area is 138 Å². The molecule has 126 valence electrons. The van der Waals surface area contributed by atoms with Crippen molar-refractivity contribution in [3.63, 3.8) is 0 Å². The SMILES string of the molecule is COc1ccc(NC(=O)C2CCCN2C(=O)CCC(C)C)cc1. The van der Waals surface area contributed by atoms with E-state index in [1.165, 1.54) is 0 Å². The zero-order chi connectivity index (χ0) is 16.8. The Morgan fingerprint density at radius 2 is 2.00 bits per heavy atom. The lowest BCUT2D eigenvalue weighted by molar-refractivity contribution is -0.136. The number of benzene rings is 1. The van der Waals surface area contributed by atoms with Gasteiger partial charge in [0.1, 0.15) is 11.8 Å². The van der Waals surface area contributed by atoms with E-state index >= 15 is 0 Å². The fraction of sp³-hybridized carbons (Fsp3) is 0.556. The third-order valence-electron chi connectivity index (χ3n) is 4.17. The van der Waals surface area contributed by atoms with Gasteiger partial charge in [-0.2, -0.15) is 0 Å². The third-order valence-corrected chi connectivity index (χ3v) is 4.17. The average Bonchev–Trinajstić information content (AvgIpc) is 3.03. The van der Waals surface area contributed by atoms with E-state index in [1.54, 1.807) is 36.3 Å². The second-order valence-corrected chi connectivity index (χ2v) is 6.40. The summed E-state index contributed by atoms with van der Waals surface area (Å²) in [5.74, 6) is 1.22. The maximum Gasteiger partial charge on any atom is 0.247 e. The molecule has 0 aromatic heterocycles. The van der Waals surface area contributed by atoms with Crippen molar-refractivity contribution in [1.82, 2.24) is 4.90 Å². The highest BCUT2D eigenvalue weighted by Crippen LogP contribution is 2.22. The molecule has 1 aliphatic heterocycles. The highest BCUT2D eigenvalue weighted by atomic mass is 16.5. The van der Waals surface area contributed by atoms with Gasteiger partial charge in [-0.05, 0) is 49.4 Å². The number of nitrogens with zero attached hydrogens (tertiary/aromatic N) is 1. The number of amides is 2. The summed E-state index contributed by atoms with van der Waals surface area (Å²) in [6.07, 6.45) is 3.00. The van der Waals surface area contributed by atoms with Crippen LogP contribution in [-0.2, 0) is 9.59 Å². The second kappa shape index (κ2) is 7.99. The molecule has 2 amide bonds. The summed E-state index contributed by atoms with van der Waals surface area (Å²) in [5, 5.41) is 2.90. The van der Waals surface area contributed by atoms with Crippen molar-refractivity contribution >= 4 is 17.5 Å². The molecule has 1 N–H and O–H groups in total. The molecular formula is C18H26N2O3. The van der Waals surface area contributed by atoms with E-state index in [0.29, 0.717) is 18.9 Å². The maximum absolute atomic E-state index is 12.5.